The van der Waals surface area contributed by atoms with Gasteiger partial charge in [0, 0.05) is 5.70 Å². The highest BCUT2D eigenvalue weighted by molar-refractivity contribution is 6.07. The van der Waals surface area contributed by atoms with Crippen molar-refractivity contribution >= 4 is 23.6 Å². The SMILES string of the molecule is C/C(N)=C(\C#N)C(=O)COC(=O)CN1C(=O)[C@@H]2CCCC[C@H]2C1=O. The zero-order chi connectivity index (χ0) is 17.9. The predicted molar refractivity (Wildman–Crippen MR) is 80.6 cm³/mol. The lowest BCUT2D eigenvalue weighted by Gasteiger charge is -2.19. The van der Waals surface area contributed by atoms with E-state index >= 15 is 0 Å². The third-order valence-corrected chi connectivity index (χ3v) is 4.37. The van der Waals surface area contributed by atoms with Gasteiger partial charge in [0.05, 0.1) is 11.8 Å². The average Bonchev–Trinajstić information content (AvgIpc) is 2.79. The van der Waals surface area contributed by atoms with Crippen LogP contribution in [0.25, 0.3) is 0 Å². The van der Waals surface area contributed by atoms with Crippen LogP contribution in [0.1, 0.15) is 32.6 Å². The minimum Gasteiger partial charge on any atom is -0.456 e. The first-order chi connectivity index (χ1) is 11.4. The van der Waals surface area contributed by atoms with Gasteiger partial charge in [-0.25, -0.2) is 0 Å². The van der Waals surface area contributed by atoms with Crippen LogP contribution in [0, 0.1) is 23.2 Å². The van der Waals surface area contributed by atoms with Gasteiger partial charge in [-0.2, -0.15) is 5.26 Å². The van der Waals surface area contributed by atoms with E-state index in [-0.39, 0.29) is 34.9 Å². The van der Waals surface area contributed by atoms with Gasteiger partial charge in [-0.15, -0.1) is 0 Å². The molecule has 2 atom stereocenters. The Hall–Kier alpha value is -2.69. The van der Waals surface area contributed by atoms with Gasteiger partial charge >= 0.3 is 5.97 Å². The van der Waals surface area contributed by atoms with Gasteiger partial charge in [0.1, 0.15) is 18.2 Å². The molecule has 0 spiro atoms. The molecule has 1 saturated carbocycles. The Bertz CT molecular complexity index is 633. The van der Waals surface area contributed by atoms with Crippen molar-refractivity contribution in [3.05, 3.63) is 11.3 Å². The van der Waals surface area contributed by atoms with E-state index in [1.54, 1.807) is 6.07 Å². The van der Waals surface area contributed by atoms with Crippen LogP contribution in [0.4, 0.5) is 0 Å². The van der Waals surface area contributed by atoms with E-state index in [0.29, 0.717) is 12.8 Å². The fourth-order valence-electron chi connectivity index (χ4n) is 3.15. The summed E-state index contributed by atoms with van der Waals surface area (Å²) in [6.07, 6.45) is 3.11. The molecule has 1 aliphatic heterocycles. The number of carbonyl (C=O) groups excluding carboxylic acids is 4. The molecule has 2 fully saturated rings. The number of allylic oxidation sites excluding steroid dienone is 1. The third-order valence-electron chi connectivity index (χ3n) is 4.37. The smallest absolute Gasteiger partial charge is 0.326 e. The quantitative estimate of drug-likeness (QED) is 0.325. The first-order valence-corrected chi connectivity index (χ1v) is 7.77. The number of ketones is 1. The van der Waals surface area contributed by atoms with Crippen molar-refractivity contribution in [2.45, 2.75) is 32.6 Å². The number of nitriles is 1. The van der Waals surface area contributed by atoms with Crippen LogP contribution in [0.5, 0.6) is 0 Å². The number of rotatable bonds is 5. The van der Waals surface area contributed by atoms with Crippen molar-refractivity contribution < 1.29 is 23.9 Å². The molecule has 0 bridgehead atoms. The number of carbonyl (C=O) groups is 4. The minimum atomic E-state index is -0.865. The predicted octanol–water partition coefficient (Wildman–Crippen LogP) is 0.0302. The van der Waals surface area contributed by atoms with Crippen LogP contribution in [0.15, 0.2) is 11.3 Å². The number of esters is 1. The second-order valence-electron chi connectivity index (χ2n) is 6.01. The molecule has 0 aromatic carbocycles. The molecule has 0 radical (unpaired) electrons. The van der Waals surface area contributed by atoms with Crippen LogP contribution in [-0.4, -0.2) is 41.6 Å². The molecule has 2 N–H and O–H groups in total. The summed E-state index contributed by atoms with van der Waals surface area (Å²) in [5.41, 5.74) is 5.15. The summed E-state index contributed by atoms with van der Waals surface area (Å²) in [5, 5.41) is 8.80. The highest BCUT2D eigenvalue weighted by Gasteiger charge is 2.48. The number of nitrogens with zero attached hydrogens (tertiary/aromatic N) is 2. The monoisotopic (exact) mass is 333 g/mol. The molecule has 24 heavy (non-hydrogen) atoms. The zero-order valence-electron chi connectivity index (χ0n) is 13.4. The van der Waals surface area contributed by atoms with Gasteiger partial charge < -0.3 is 10.5 Å². The maximum atomic E-state index is 12.2. The first kappa shape index (κ1) is 17.7. The summed E-state index contributed by atoms with van der Waals surface area (Å²) in [6.45, 7) is 0.228. The number of likely N-dealkylation sites (tertiary alicyclic amines) is 1. The first-order valence-electron chi connectivity index (χ1n) is 7.77. The van der Waals surface area contributed by atoms with Gasteiger partial charge in [0.15, 0.2) is 6.61 Å². The number of fused-ring (bicyclic) bond motifs is 1. The fourth-order valence-corrected chi connectivity index (χ4v) is 3.15. The average molecular weight is 333 g/mol. The Morgan fingerprint density at radius 3 is 2.25 bits per heavy atom. The maximum absolute atomic E-state index is 12.2. The number of hydrogen-bond donors (Lipinski definition) is 1. The van der Waals surface area contributed by atoms with E-state index in [1.165, 1.54) is 6.92 Å². The molecular weight excluding hydrogens is 314 g/mol. The van der Waals surface area contributed by atoms with Gasteiger partial charge in [-0.1, -0.05) is 12.8 Å². The molecule has 1 aliphatic carbocycles. The minimum absolute atomic E-state index is 0.0347. The Morgan fingerprint density at radius 1 is 1.25 bits per heavy atom. The highest BCUT2D eigenvalue weighted by atomic mass is 16.5. The van der Waals surface area contributed by atoms with Gasteiger partial charge in [-0.3, -0.25) is 24.1 Å². The van der Waals surface area contributed by atoms with Gasteiger partial charge in [-0.05, 0) is 19.8 Å². The molecule has 2 amide bonds. The van der Waals surface area contributed by atoms with Crippen LogP contribution in [0.2, 0.25) is 0 Å². The lowest BCUT2D eigenvalue weighted by Crippen LogP contribution is -2.37. The number of hydrogen-bond acceptors (Lipinski definition) is 7. The van der Waals surface area contributed by atoms with E-state index in [0.717, 1.165) is 17.7 Å². The van der Waals surface area contributed by atoms with Gasteiger partial charge in [0.25, 0.3) is 0 Å². The maximum Gasteiger partial charge on any atom is 0.326 e. The number of imide groups is 1. The molecule has 0 aromatic rings. The van der Waals surface area contributed by atoms with E-state index in [9.17, 15) is 19.2 Å². The van der Waals surface area contributed by atoms with E-state index in [4.69, 9.17) is 15.7 Å². The molecule has 2 rings (SSSR count). The lowest BCUT2D eigenvalue weighted by molar-refractivity contribution is -0.154. The topological polar surface area (TPSA) is 131 Å². The van der Waals surface area contributed by atoms with E-state index < -0.39 is 24.9 Å². The second kappa shape index (κ2) is 7.25. The third kappa shape index (κ3) is 3.45. The largest absolute Gasteiger partial charge is 0.456 e. The summed E-state index contributed by atoms with van der Waals surface area (Å²) in [7, 11) is 0. The summed E-state index contributed by atoms with van der Waals surface area (Å²) in [6, 6.07) is 1.64. The Balaban J connectivity index is 1.92. The summed E-state index contributed by atoms with van der Waals surface area (Å²) < 4.78 is 4.77. The molecule has 8 heteroatoms. The number of ether oxygens (including phenoxy) is 1. The second-order valence-corrected chi connectivity index (χ2v) is 6.01. The molecule has 8 nitrogen and oxygen atoms in total. The van der Waals surface area contributed by atoms with Crippen molar-refractivity contribution in [2.24, 2.45) is 17.6 Å². The number of amides is 2. The Labute approximate surface area is 139 Å². The molecular formula is C16H19N3O5. The van der Waals surface area contributed by atoms with Crippen LogP contribution in [0.3, 0.4) is 0 Å². The summed E-state index contributed by atoms with van der Waals surface area (Å²) in [5.74, 6) is -2.96. The zero-order valence-corrected chi connectivity index (χ0v) is 13.4. The van der Waals surface area contributed by atoms with E-state index in [2.05, 4.69) is 0 Å². The molecule has 1 saturated heterocycles. The van der Waals surface area contributed by atoms with Crippen LogP contribution >= 0.6 is 0 Å². The highest BCUT2D eigenvalue weighted by Crippen LogP contribution is 2.37. The van der Waals surface area contributed by atoms with Gasteiger partial charge in [0.2, 0.25) is 17.6 Å². The number of nitrogens with two attached hydrogens (primary N) is 1. The van der Waals surface area contributed by atoms with E-state index in [1.807, 2.05) is 0 Å². The van der Waals surface area contributed by atoms with Crippen molar-refractivity contribution in [3.8, 4) is 6.07 Å². The number of Topliss-reactive ketones (excluding diaryl/α,β-unsaturated/α-hetero) is 1. The summed E-state index contributed by atoms with van der Waals surface area (Å²) in [4.78, 5) is 48.9. The molecule has 128 valence electrons. The molecule has 2 aliphatic rings. The van der Waals surface area contributed by atoms with Crippen molar-refractivity contribution in [3.63, 3.8) is 0 Å². The standard InChI is InChI=1S/C16H19N3O5/c1-9(18)12(6-17)13(20)8-24-14(21)7-19-15(22)10-4-2-3-5-11(10)16(19)23/h10-11H,2-5,7-8,18H2,1H3/b12-9-/t10-,11-/m1/s1. The summed E-state index contributed by atoms with van der Waals surface area (Å²) >= 11 is 0. The van der Waals surface area contributed by atoms with Crippen molar-refractivity contribution in [1.82, 2.24) is 4.90 Å². The Morgan fingerprint density at radius 2 is 1.79 bits per heavy atom. The van der Waals surface area contributed by atoms with Crippen molar-refractivity contribution in [1.29, 1.82) is 5.26 Å². The van der Waals surface area contributed by atoms with Crippen LogP contribution in [-0.2, 0) is 23.9 Å². The normalized spacial score (nSPS) is 24.1. The molecule has 1 heterocycles. The fraction of sp³-hybridized carbons (Fsp3) is 0.562. The van der Waals surface area contributed by atoms with Crippen LogP contribution < -0.4 is 5.73 Å². The molecule has 0 aromatic heterocycles. The van der Waals surface area contributed by atoms with Crippen molar-refractivity contribution in [2.75, 3.05) is 13.2 Å². The lowest BCUT2D eigenvalue weighted by atomic mass is 9.81. The molecule has 0 unspecified atom stereocenters. The Kier molecular flexibility index (Phi) is 5.34.